The van der Waals surface area contributed by atoms with Gasteiger partial charge in [0, 0.05) is 32.2 Å². The Morgan fingerprint density at radius 3 is 2.57 bits per heavy atom. The minimum absolute atomic E-state index is 0.0130. The molecule has 3 aliphatic heterocycles. The second kappa shape index (κ2) is 5.93. The van der Waals surface area contributed by atoms with Crippen molar-refractivity contribution in [2.45, 2.75) is 44.2 Å². The quantitative estimate of drug-likeness (QED) is 0.756. The maximum Gasteiger partial charge on any atom is 0.246 e. The molecule has 2 amide bonds. The van der Waals surface area contributed by atoms with Crippen molar-refractivity contribution < 1.29 is 19.1 Å². The minimum Gasteiger partial charge on any atom is -0.381 e. The molecule has 6 nitrogen and oxygen atoms in total. The topological polar surface area (TPSA) is 67.9 Å². The molecule has 0 saturated carbocycles. The lowest BCUT2D eigenvalue weighted by Crippen LogP contribution is -2.63. The summed E-state index contributed by atoms with van der Waals surface area (Å²) in [5.41, 5.74) is -0.291. The van der Waals surface area contributed by atoms with Gasteiger partial charge in [-0.25, -0.2) is 0 Å². The summed E-state index contributed by atoms with van der Waals surface area (Å²) in [5.74, 6) is 0.340. The van der Waals surface area contributed by atoms with E-state index in [1.807, 2.05) is 11.8 Å². The van der Waals surface area contributed by atoms with Crippen LogP contribution < -0.4 is 5.32 Å². The summed E-state index contributed by atoms with van der Waals surface area (Å²) in [5, 5.41) is 2.96. The maximum atomic E-state index is 12.5. The van der Waals surface area contributed by atoms with Crippen molar-refractivity contribution in [1.82, 2.24) is 10.2 Å². The molecular formula is C15H24N2O4. The molecule has 3 saturated heterocycles. The van der Waals surface area contributed by atoms with Gasteiger partial charge >= 0.3 is 0 Å². The number of nitrogens with zero attached hydrogens (tertiary/aromatic N) is 1. The van der Waals surface area contributed by atoms with Gasteiger partial charge in [-0.1, -0.05) is 0 Å². The summed E-state index contributed by atoms with van der Waals surface area (Å²) >= 11 is 0. The number of rotatable bonds is 1. The Hall–Kier alpha value is -1.14. The summed E-state index contributed by atoms with van der Waals surface area (Å²) in [6.45, 7) is 4.96. The van der Waals surface area contributed by atoms with Crippen LogP contribution in [0, 0.1) is 5.92 Å². The third-order valence-corrected chi connectivity index (χ3v) is 5.15. The van der Waals surface area contributed by atoms with E-state index >= 15 is 0 Å². The predicted molar refractivity (Wildman–Crippen MR) is 75.6 cm³/mol. The maximum absolute atomic E-state index is 12.5. The van der Waals surface area contributed by atoms with E-state index < -0.39 is 0 Å². The van der Waals surface area contributed by atoms with E-state index in [0.29, 0.717) is 13.2 Å². The second-order valence-corrected chi connectivity index (χ2v) is 6.35. The van der Waals surface area contributed by atoms with Gasteiger partial charge in [-0.3, -0.25) is 9.59 Å². The van der Waals surface area contributed by atoms with Crippen molar-refractivity contribution in [3.05, 3.63) is 0 Å². The van der Waals surface area contributed by atoms with Crippen molar-refractivity contribution in [1.29, 1.82) is 0 Å². The van der Waals surface area contributed by atoms with Crippen molar-refractivity contribution in [2.75, 3.05) is 32.9 Å². The van der Waals surface area contributed by atoms with Gasteiger partial charge in [0.25, 0.3) is 0 Å². The van der Waals surface area contributed by atoms with Crippen LogP contribution in [0.25, 0.3) is 0 Å². The first-order chi connectivity index (χ1) is 10.1. The zero-order chi connectivity index (χ0) is 14.9. The third-order valence-electron chi connectivity index (χ3n) is 5.15. The standard InChI is InChI=1S/C15H24N2O4/c1-11-15(21-10-13(18)16-11)4-6-17(7-5-15)14(19)12-2-8-20-9-3-12/h11-12H,2-10H2,1H3,(H,16,18)/t11-/m1/s1. The fraction of sp³-hybridized carbons (Fsp3) is 0.867. The number of nitrogens with one attached hydrogen (secondary N) is 1. The van der Waals surface area contributed by atoms with Gasteiger partial charge in [-0.05, 0) is 32.6 Å². The third kappa shape index (κ3) is 2.92. The molecule has 3 rings (SSSR count). The number of amides is 2. The van der Waals surface area contributed by atoms with Gasteiger partial charge < -0.3 is 19.7 Å². The van der Waals surface area contributed by atoms with Gasteiger partial charge in [0.05, 0.1) is 11.6 Å². The Balaban J connectivity index is 1.57. The molecule has 0 aromatic heterocycles. The van der Waals surface area contributed by atoms with E-state index in [1.165, 1.54) is 0 Å². The fourth-order valence-corrected chi connectivity index (χ4v) is 3.63. The smallest absolute Gasteiger partial charge is 0.246 e. The summed E-state index contributed by atoms with van der Waals surface area (Å²) in [6, 6.07) is 0.0130. The first-order valence-electron chi connectivity index (χ1n) is 7.90. The van der Waals surface area contributed by atoms with Crippen LogP contribution in [0.2, 0.25) is 0 Å². The number of piperidine rings is 1. The first kappa shape index (κ1) is 14.8. The van der Waals surface area contributed by atoms with Crippen molar-refractivity contribution in [3.63, 3.8) is 0 Å². The number of carbonyl (C=O) groups is 2. The Morgan fingerprint density at radius 1 is 1.29 bits per heavy atom. The molecule has 118 valence electrons. The molecule has 0 aromatic rings. The second-order valence-electron chi connectivity index (χ2n) is 6.35. The molecule has 3 fully saturated rings. The molecule has 21 heavy (non-hydrogen) atoms. The summed E-state index contributed by atoms with van der Waals surface area (Å²) in [4.78, 5) is 25.8. The van der Waals surface area contributed by atoms with Crippen LogP contribution in [-0.2, 0) is 19.1 Å². The molecule has 0 radical (unpaired) electrons. The minimum atomic E-state index is -0.291. The molecule has 1 spiro atoms. The van der Waals surface area contributed by atoms with E-state index in [0.717, 1.165) is 38.8 Å². The van der Waals surface area contributed by atoms with E-state index in [2.05, 4.69) is 5.32 Å². The molecular weight excluding hydrogens is 272 g/mol. The average molecular weight is 296 g/mol. The SMILES string of the molecule is C[C@H]1NC(=O)COC12CCN(C(=O)C1CCOCC1)CC2. The predicted octanol–water partition coefficient (Wildman–Crippen LogP) is 0.309. The van der Waals surface area contributed by atoms with Crippen LogP contribution in [0.4, 0.5) is 0 Å². The largest absolute Gasteiger partial charge is 0.381 e. The molecule has 0 aromatic carbocycles. The first-order valence-corrected chi connectivity index (χ1v) is 7.90. The van der Waals surface area contributed by atoms with Gasteiger partial charge in [0.2, 0.25) is 11.8 Å². The van der Waals surface area contributed by atoms with Crippen molar-refractivity contribution in [3.8, 4) is 0 Å². The number of ether oxygens (including phenoxy) is 2. The van der Waals surface area contributed by atoms with E-state index in [9.17, 15) is 9.59 Å². The Bertz CT molecular complexity index is 412. The van der Waals surface area contributed by atoms with E-state index in [4.69, 9.17) is 9.47 Å². The van der Waals surface area contributed by atoms with Crippen LogP contribution in [0.15, 0.2) is 0 Å². The van der Waals surface area contributed by atoms with E-state index in [-0.39, 0.29) is 36.0 Å². The summed E-state index contributed by atoms with van der Waals surface area (Å²) in [6.07, 6.45) is 3.26. The number of hydrogen-bond donors (Lipinski definition) is 1. The highest BCUT2D eigenvalue weighted by molar-refractivity contribution is 5.79. The average Bonchev–Trinajstić information content (AvgIpc) is 2.52. The highest BCUT2D eigenvalue weighted by Gasteiger charge is 2.45. The highest BCUT2D eigenvalue weighted by atomic mass is 16.5. The molecule has 1 atom stereocenters. The number of carbonyl (C=O) groups excluding carboxylic acids is 2. The zero-order valence-corrected chi connectivity index (χ0v) is 12.6. The highest BCUT2D eigenvalue weighted by Crippen LogP contribution is 2.33. The normalized spacial score (nSPS) is 30.2. The van der Waals surface area contributed by atoms with Gasteiger partial charge in [0.1, 0.15) is 6.61 Å². The molecule has 6 heteroatoms. The number of hydrogen-bond acceptors (Lipinski definition) is 4. The molecule has 3 heterocycles. The van der Waals surface area contributed by atoms with Gasteiger partial charge in [-0.15, -0.1) is 0 Å². The van der Waals surface area contributed by atoms with Crippen LogP contribution in [0.1, 0.15) is 32.6 Å². The Kier molecular flexibility index (Phi) is 4.17. The lowest BCUT2D eigenvalue weighted by atomic mass is 9.83. The fourth-order valence-electron chi connectivity index (χ4n) is 3.63. The van der Waals surface area contributed by atoms with Crippen LogP contribution in [0.3, 0.4) is 0 Å². The lowest BCUT2D eigenvalue weighted by molar-refractivity contribution is -0.164. The molecule has 0 bridgehead atoms. The van der Waals surface area contributed by atoms with Gasteiger partial charge in [0.15, 0.2) is 0 Å². The van der Waals surface area contributed by atoms with Crippen molar-refractivity contribution in [2.24, 2.45) is 5.92 Å². The Labute approximate surface area is 125 Å². The van der Waals surface area contributed by atoms with Crippen LogP contribution >= 0.6 is 0 Å². The van der Waals surface area contributed by atoms with Crippen LogP contribution in [0.5, 0.6) is 0 Å². The lowest BCUT2D eigenvalue weighted by Gasteiger charge is -2.48. The Morgan fingerprint density at radius 2 is 1.95 bits per heavy atom. The summed E-state index contributed by atoms with van der Waals surface area (Å²) < 4.78 is 11.2. The monoisotopic (exact) mass is 296 g/mol. The number of morpholine rings is 1. The molecule has 3 aliphatic rings. The molecule has 0 aliphatic carbocycles. The van der Waals surface area contributed by atoms with Crippen LogP contribution in [-0.4, -0.2) is 61.3 Å². The van der Waals surface area contributed by atoms with Crippen molar-refractivity contribution >= 4 is 11.8 Å². The van der Waals surface area contributed by atoms with E-state index in [1.54, 1.807) is 0 Å². The zero-order valence-electron chi connectivity index (χ0n) is 12.6. The number of likely N-dealkylation sites (tertiary alicyclic amines) is 1. The molecule has 0 unspecified atom stereocenters. The molecule has 1 N–H and O–H groups in total. The van der Waals surface area contributed by atoms with Gasteiger partial charge in [-0.2, -0.15) is 0 Å². The summed E-state index contributed by atoms with van der Waals surface area (Å²) in [7, 11) is 0.